The first-order chi connectivity index (χ1) is 12.0. The number of likely N-dealkylation sites (tertiary alicyclic amines) is 1. The second-order valence-electron chi connectivity index (χ2n) is 6.16. The predicted molar refractivity (Wildman–Crippen MR) is 93.8 cm³/mol. The number of nitrogens with two attached hydrogens (primary N) is 1. The molecule has 0 bridgehead atoms. The summed E-state index contributed by atoms with van der Waals surface area (Å²) >= 11 is 0. The smallest absolute Gasteiger partial charge is 0.256 e. The molecule has 0 aliphatic carbocycles. The number of rotatable bonds is 4. The van der Waals surface area contributed by atoms with E-state index >= 15 is 0 Å². The number of hydrogen-bond donors (Lipinski definition) is 1. The molecule has 25 heavy (non-hydrogen) atoms. The summed E-state index contributed by atoms with van der Waals surface area (Å²) in [5.74, 6) is -0.757. The monoisotopic (exact) mass is 339 g/mol. The zero-order chi connectivity index (χ0) is 18.0. The Kier molecular flexibility index (Phi) is 4.81. The van der Waals surface area contributed by atoms with Crippen LogP contribution in [0, 0.1) is 6.92 Å². The molecule has 1 aromatic heterocycles. The Morgan fingerprint density at radius 1 is 1.20 bits per heavy atom. The minimum Gasteiger partial charge on any atom is -0.380 e. The van der Waals surface area contributed by atoms with E-state index in [1.54, 1.807) is 20.1 Å². The highest BCUT2D eigenvalue weighted by atomic mass is 16.5. The van der Waals surface area contributed by atoms with Crippen molar-refractivity contribution in [1.29, 1.82) is 0 Å². The van der Waals surface area contributed by atoms with Gasteiger partial charge in [-0.2, -0.15) is 0 Å². The summed E-state index contributed by atoms with van der Waals surface area (Å²) in [6, 6.07) is 12.7. The van der Waals surface area contributed by atoms with E-state index in [1.807, 2.05) is 36.4 Å². The zero-order valence-electron chi connectivity index (χ0n) is 14.3. The average molecular weight is 339 g/mol. The van der Waals surface area contributed by atoms with Gasteiger partial charge in [-0.3, -0.25) is 14.6 Å². The number of nitrogens with zero attached hydrogens (tertiary/aromatic N) is 2. The van der Waals surface area contributed by atoms with Crippen molar-refractivity contribution < 1.29 is 14.3 Å². The first-order valence-electron chi connectivity index (χ1n) is 8.17. The van der Waals surface area contributed by atoms with Gasteiger partial charge in [0.2, 0.25) is 5.91 Å². The van der Waals surface area contributed by atoms with E-state index in [-0.39, 0.29) is 12.0 Å². The van der Waals surface area contributed by atoms with E-state index in [9.17, 15) is 9.59 Å². The van der Waals surface area contributed by atoms with Crippen molar-refractivity contribution in [2.75, 3.05) is 13.7 Å². The highest BCUT2D eigenvalue weighted by Crippen LogP contribution is 2.24. The van der Waals surface area contributed by atoms with Crippen molar-refractivity contribution in [3.63, 3.8) is 0 Å². The van der Waals surface area contributed by atoms with Gasteiger partial charge in [0.15, 0.2) is 0 Å². The molecule has 1 aromatic carbocycles. The highest BCUT2D eigenvalue weighted by molar-refractivity contribution is 5.98. The Morgan fingerprint density at radius 2 is 1.92 bits per heavy atom. The number of carbonyl (C=O) groups is 2. The Balaban J connectivity index is 1.88. The Hall–Kier alpha value is -2.73. The first-order valence-corrected chi connectivity index (χ1v) is 8.17. The molecular formula is C19H21N3O3. The molecule has 1 aliphatic heterocycles. The van der Waals surface area contributed by atoms with Crippen molar-refractivity contribution >= 4 is 11.8 Å². The number of methoxy groups -OCH3 is 1. The minimum atomic E-state index is -0.648. The van der Waals surface area contributed by atoms with E-state index in [0.29, 0.717) is 24.2 Å². The van der Waals surface area contributed by atoms with Crippen LogP contribution >= 0.6 is 0 Å². The molecule has 2 heterocycles. The number of amides is 2. The van der Waals surface area contributed by atoms with Crippen LogP contribution in [0.2, 0.25) is 0 Å². The number of aryl methyl sites for hydroxylation is 1. The fraction of sp³-hybridized carbons (Fsp3) is 0.316. The van der Waals surface area contributed by atoms with E-state index in [4.69, 9.17) is 10.5 Å². The van der Waals surface area contributed by atoms with Crippen molar-refractivity contribution in [2.45, 2.75) is 25.5 Å². The molecule has 130 valence electrons. The summed E-state index contributed by atoms with van der Waals surface area (Å²) in [6.07, 6.45) is 0.241. The highest BCUT2D eigenvalue weighted by Gasteiger charge is 2.39. The molecule has 6 heteroatoms. The molecule has 2 amide bonds. The van der Waals surface area contributed by atoms with Gasteiger partial charge in [-0.15, -0.1) is 0 Å². The number of pyridine rings is 1. The average Bonchev–Trinajstić information content (AvgIpc) is 3.06. The maximum Gasteiger partial charge on any atom is 0.256 e. The lowest BCUT2D eigenvalue weighted by atomic mass is 10.1. The van der Waals surface area contributed by atoms with Crippen LogP contribution in [-0.2, 0) is 9.53 Å². The third kappa shape index (κ3) is 3.39. The van der Waals surface area contributed by atoms with E-state index in [0.717, 1.165) is 11.3 Å². The van der Waals surface area contributed by atoms with Crippen LogP contribution in [-0.4, -0.2) is 47.5 Å². The van der Waals surface area contributed by atoms with Gasteiger partial charge in [0.05, 0.1) is 23.1 Å². The molecule has 1 saturated heterocycles. The number of ether oxygens (including phenoxy) is 1. The maximum atomic E-state index is 12.9. The fourth-order valence-corrected chi connectivity index (χ4v) is 3.17. The Labute approximate surface area is 146 Å². The standard InChI is InChI=1S/C19H21N3O3/c1-12-15(8-9-16(21-12)13-6-4-3-5-7-13)19(24)22-11-14(25-2)10-17(22)18(20)23/h3-9,14,17H,10-11H2,1-2H3,(H2,20,23)/t14-,17-/m0/s1. The van der Waals surface area contributed by atoms with Gasteiger partial charge < -0.3 is 15.4 Å². The molecule has 2 aromatic rings. The number of hydrogen-bond acceptors (Lipinski definition) is 4. The normalized spacial score (nSPS) is 19.8. The van der Waals surface area contributed by atoms with Crippen LogP contribution in [0.1, 0.15) is 22.5 Å². The molecule has 2 N–H and O–H groups in total. The lowest BCUT2D eigenvalue weighted by molar-refractivity contribution is -0.121. The third-order valence-electron chi connectivity index (χ3n) is 4.57. The zero-order valence-corrected chi connectivity index (χ0v) is 14.3. The number of carbonyl (C=O) groups excluding carboxylic acids is 2. The number of aromatic nitrogens is 1. The summed E-state index contributed by atoms with van der Waals surface area (Å²) in [6.45, 7) is 2.14. The largest absolute Gasteiger partial charge is 0.380 e. The van der Waals surface area contributed by atoms with E-state index in [2.05, 4.69) is 4.98 Å². The predicted octanol–water partition coefficient (Wildman–Crippen LogP) is 1.77. The van der Waals surface area contributed by atoms with Gasteiger partial charge in [-0.1, -0.05) is 30.3 Å². The summed E-state index contributed by atoms with van der Waals surface area (Å²) in [4.78, 5) is 30.6. The Bertz CT molecular complexity index is 792. The lowest BCUT2D eigenvalue weighted by Crippen LogP contribution is -2.44. The van der Waals surface area contributed by atoms with E-state index in [1.165, 1.54) is 4.90 Å². The molecule has 6 nitrogen and oxygen atoms in total. The second-order valence-corrected chi connectivity index (χ2v) is 6.16. The molecule has 1 fully saturated rings. The molecule has 3 rings (SSSR count). The maximum absolute atomic E-state index is 12.9. The second kappa shape index (κ2) is 7.03. The molecule has 0 unspecified atom stereocenters. The van der Waals surface area contributed by atoms with E-state index < -0.39 is 11.9 Å². The number of primary amides is 1. The van der Waals surface area contributed by atoms with Crippen LogP contribution in [0.15, 0.2) is 42.5 Å². The first kappa shape index (κ1) is 17.1. The van der Waals surface area contributed by atoms with Crippen LogP contribution in [0.3, 0.4) is 0 Å². The van der Waals surface area contributed by atoms with Crippen molar-refractivity contribution in [3.8, 4) is 11.3 Å². The SMILES string of the molecule is CO[C@H]1C[C@@H](C(N)=O)N(C(=O)c2ccc(-c3ccccc3)nc2C)C1. The molecule has 0 radical (unpaired) electrons. The third-order valence-corrected chi connectivity index (χ3v) is 4.57. The number of benzene rings is 1. The van der Waals surface area contributed by atoms with Crippen molar-refractivity contribution in [3.05, 3.63) is 53.7 Å². The molecule has 2 atom stereocenters. The lowest BCUT2D eigenvalue weighted by Gasteiger charge is -2.22. The van der Waals surface area contributed by atoms with Crippen LogP contribution < -0.4 is 5.73 Å². The molecule has 0 spiro atoms. The molecule has 0 saturated carbocycles. The van der Waals surface area contributed by atoms with Crippen molar-refractivity contribution in [1.82, 2.24) is 9.88 Å². The molecular weight excluding hydrogens is 318 g/mol. The summed E-state index contributed by atoms with van der Waals surface area (Å²) in [5, 5.41) is 0. The summed E-state index contributed by atoms with van der Waals surface area (Å²) in [7, 11) is 1.57. The Morgan fingerprint density at radius 3 is 2.52 bits per heavy atom. The van der Waals surface area contributed by atoms with Gasteiger partial charge >= 0.3 is 0 Å². The quantitative estimate of drug-likeness (QED) is 0.920. The molecule has 1 aliphatic rings. The van der Waals surface area contributed by atoms with Crippen molar-refractivity contribution in [2.24, 2.45) is 5.73 Å². The summed E-state index contributed by atoms with van der Waals surface area (Å²) in [5.41, 5.74) is 8.34. The van der Waals surface area contributed by atoms with Crippen LogP contribution in [0.5, 0.6) is 0 Å². The topological polar surface area (TPSA) is 85.5 Å². The van der Waals surface area contributed by atoms with Gasteiger partial charge in [0.25, 0.3) is 5.91 Å². The van der Waals surface area contributed by atoms with Gasteiger partial charge in [-0.05, 0) is 19.1 Å². The van der Waals surface area contributed by atoms with Gasteiger partial charge in [0.1, 0.15) is 6.04 Å². The van der Waals surface area contributed by atoms with Gasteiger partial charge in [-0.25, -0.2) is 0 Å². The van der Waals surface area contributed by atoms with Crippen LogP contribution in [0.4, 0.5) is 0 Å². The van der Waals surface area contributed by atoms with Crippen LogP contribution in [0.25, 0.3) is 11.3 Å². The minimum absolute atomic E-state index is 0.182. The fourth-order valence-electron chi connectivity index (χ4n) is 3.17. The summed E-state index contributed by atoms with van der Waals surface area (Å²) < 4.78 is 5.30. The van der Waals surface area contributed by atoms with Gasteiger partial charge in [0, 0.05) is 25.6 Å².